The number of rotatable bonds is 5. The van der Waals surface area contributed by atoms with Gasteiger partial charge in [-0.15, -0.1) is 0 Å². The summed E-state index contributed by atoms with van der Waals surface area (Å²) < 4.78 is 6.75. The van der Waals surface area contributed by atoms with Crippen molar-refractivity contribution in [3.63, 3.8) is 0 Å². The van der Waals surface area contributed by atoms with E-state index in [1.807, 2.05) is 37.3 Å². The van der Waals surface area contributed by atoms with Crippen LogP contribution in [0.2, 0.25) is 0 Å². The van der Waals surface area contributed by atoms with E-state index in [-0.39, 0.29) is 12.4 Å². The predicted octanol–water partition coefficient (Wildman–Crippen LogP) is 2.09. The van der Waals surface area contributed by atoms with Gasteiger partial charge in [-0.3, -0.25) is 4.79 Å². The monoisotopic (exact) mass is 230 g/mol. The molecule has 0 spiro atoms. The fourth-order valence-electron chi connectivity index (χ4n) is 1.47. The minimum Gasteiger partial charge on any atom is -0.374 e. The van der Waals surface area contributed by atoms with Gasteiger partial charge in [0.15, 0.2) is 0 Å². The van der Waals surface area contributed by atoms with Gasteiger partial charge in [-0.1, -0.05) is 18.2 Å². The first-order valence-corrected chi connectivity index (χ1v) is 5.53. The largest absolute Gasteiger partial charge is 0.374 e. The summed E-state index contributed by atoms with van der Waals surface area (Å²) >= 11 is 0. The number of aromatic nitrogens is 2. The van der Waals surface area contributed by atoms with Gasteiger partial charge in [-0.05, 0) is 25.1 Å². The standard InChI is InChI=1S/C13H14N2O2/c1-2-17-10-13(16)12-8-9-15(14-12)11-6-4-3-5-7-11/h3-9H,2,10H2,1H3. The van der Waals surface area contributed by atoms with Crippen molar-refractivity contribution >= 4 is 5.78 Å². The van der Waals surface area contributed by atoms with Crippen LogP contribution in [0.25, 0.3) is 5.69 Å². The predicted molar refractivity (Wildman–Crippen MR) is 64.4 cm³/mol. The van der Waals surface area contributed by atoms with Crippen LogP contribution < -0.4 is 0 Å². The Bertz CT molecular complexity index is 491. The third kappa shape index (κ3) is 2.79. The first-order valence-electron chi connectivity index (χ1n) is 5.53. The molecule has 0 bridgehead atoms. The number of hydrogen-bond acceptors (Lipinski definition) is 3. The molecule has 0 unspecified atom stereocenters. The zero-order valence-corrected chi connectivity index (χ0v) is 9.67. The Balaban J connectivity index is 2.14. The number of Topliss-reactive ketones (excluding diaryl/α,β-unsaturated/α-hetero) is 1. The number of benzene rings is 1. The molecule has 17 heavy (non-hydrogen) atoms. The van der Waals surface area contributed by atoms with Crippen molar-refractivity contribution < 1.29 is 9.53 Å². The normalized spacial score (nSPS) is 10.4. The van der Waals surface area contributed by atoms with E-state index in [4.69, 9.17) is 4.74 Å². The topological polar surface area (TPSA) is 44.1 Å². The molecule has 2 aromatic rings. The smallest absolute Gasteiger partial charge is 0.208 e. The Morgan fingerprint density at radius 1 is 1.29 bits per heavy atom. The SMILES string of the molecule is CCOCC(=O)c1ccn(-c2ccccc2)n1. The number of ether oxygens (including phenoxy) is 1. The van der Waals surface area contributed by atoms with Crippen molar-refractivity contribution in [3.05, 3.63) is 48.3 Å². The summed E-state index contributed by atoms with van der Waals surface area (Å²) in [5.74, 6) is -0.0958. The lowest BCUT2D eigenvalue weighted by Gasteiger charge is -2.00. The average Bonchev–Trinajstić information content (AvgIpc) is 2.86. The Labute approximate surface area is 99.8 Å². The maximum Gasteiger partial charge on any atom is 0.208 e. The molecule has 1 heterocycles. The Morgan fingerprint density at radius 2 is 2.06 bits per heavy atom. The van der Waals surface area contributed by atoms with Gasteiger partial charge in [-0.2, -0.15) is 5.10 Å². The van der Waals surface area contributed by atoms with Gasteiger partial charge in [0, 0.05) is 12.8 Å². The minimum absolute atomic E-state index is 0.0856. The van der Waals surface area contributed by atoms with E-state index >= 15 is 0 Å². The van der Waals surface area contributed by atoms with E-state index in [9.17, 15) is 4.79 Å². The van der Waals surface area contributed by atoms with Crippen LogP contribution in [0.3, 0.4) is 0 Å². The molecule has 0 aliphatic rings. The molecule has 2 rings (SSSR count). The summed E-state index contributed by atoms with van der Waals surface area (Å²) in [5.41, 5.74) is 1.37. The molecule has 0 aliphatic carbocycles. The second-order valence-electron chi connectivity index (χ2n) is 3.54. The molecular formula is C13H14N2O2. The van der Waals surface area contributed by atoms with E-state index in [2.05, 4.69) is 5.10 Å². The number of hydrogen-bond donors (Lipinski definition) is 0. The van der Waals surface area contributed by atoms with Crippen molar-refractivity contribution in [2.75, 3.05) is 13.2 Å². The molecule has 0 atom stereocenters. The summed E-state index contributed by atoms with van der Waals surface area (Å²) in [7, 11) is 0. The fourth-order valence-corrected chi connectivity index (χ4v) is 1.47. The number of carbonyl (C=O) groups excluding carboxylic acids is 1. The molecule has 88 valence electrons. The summed E-state index contributed by atoms with van der Waals surface area (Å²) in [6, 6.07) is 11.4. The van der Waals surface area contributed by atoms with E-state index < -0.39 is 0 Å². The van der Waals surface area contributed by atoms with Crippen LogP contribution in [0.4, 0.5) is 0 Å². The molecule has 0 aliphatic heterocycles. The fraction of sp³-hybridized carbons (Fsp3) is 0.231. The Kier molecular flexibility index (Phi) is 3.67. The average molecular weight is 230 g/mol. The van der Waals surface area contributed by atoms with Crippen LogP contribution in [0.5, 0.6) is 0 Å². The third-order valence-corrected chi connectivity index (χ3v) is 2.33. The molecule has 1 aromatic carbocycles. The minimum atomic E-state index is -0.0958. The Hall–Kier alpha value is -1.94. The highest BCUT2D eigenvalue weighted by molar-refractivity contribution is 5.95. The third-order valence-electron chi connectivity index (χ3n) is 2.33. The first kappa shape index (κ1) is 11.5. The number of nitrogens with zero attached hydrogens (tertiary/aromatic N) is 2. The van der Waals surface area contributed by atoms with Gasteiger partial charge in [0.2, 0.25) is 5.78 Å². The molecule has 0 saturated carbocycles. The van der Waals surface area contributed by atoms with Crippen molar-refractivity contribution in [1.29, 1.82) is 0 Å². The summed E-state index contributed by atoms with van der Waals surface area (Å²) in [6.07, 6.45) is 1.77. The maximum absolute atomic E-state index is 11.6. The summed E-state index contributed by atoms with van der Waals surface area (Å²) in [6.45, 7) is 2.48. The highest BCUT2D eigenvalue weighted by atomic mass is 16.5. The Morgan fingerprint density at radius 3 is 2.76 bits per heavy atom. The van der Waals surface area contributed by atoms with Gasteiger partial charge in [0.1, 0.15) is 12.3 Å². The van der Waals surface area contributed by atoms with Crippen molar-refractivity contribution in [2.24, 2.45) is 0 Å². The lowest BCUT2D eigenvalue weighted by molar-refractivity contribution is 0.0778. The second-order valence-corrected chi connectivity index (χ2v) is 3.54. The zero-order valence-electron chi connectivity index (χ0n) is 9.67. The molecule has 4 nitrogen and oxygen atoms in total. The van der Waals surface area contributed by atoms with Crippen LogP contribution in [0.15, 0.2) is 42.6 Å². The van der Waals surface area contributed by atoms with Gasteiger partial charge in [0.25, 0.3) is 0 Å². The van der Waals surface area contributed by atoms with Crippen molar-refractivity contribution in [1.82, 2.24) is 9.78 Å². The highest BCUT2D eigenvalue weighted by Crippen LogP contribution is 2.07. The quantitative estimate of drug-likeness (QED) is 0.739. The van der Waals surface area contributed by atoms with Crippen molar-refractivity contribution in [3.8, 4) is 5.69 Å². The summed E-state index contributed by atoms with van der Waals surface area (Å²) in [5, 5.41) is 4.22. The number of ketones is 1. The van der Waals surface area contributed by atoms with Crippen LogP contribution >= 0.6 is 0 Å². The molecule has 0 radical (unpaired) electrons. The summed E-state index contributed by atoms with van der Waals surface area (Å²) in [4.78, 5) is 11.6. The first-order chi connectivity index (χ1) is 8.31. The van der Waals surface area contributed by atoms with E-state index in [1.165, 1.54) is 0 Å². The van der Waals surface area contributed by atoms with E-state index in [0.717, 1.165) is 5.69 Å². The van der Waals surface area contributed by atoms with Gasteiger partial charge < -0.3 is 4.74 Å². The van der Waals surface area contributed by atoms with Crippen molar-refractivity contribution in [2.45, 2.75) is 6.92 Å². The molecule has 0 amide bonds. The molecule has 0 N–H and O–H groups in total. The molecule has 4 heteroatoms. The maximum atomic E-state index is 11.6. The van der Waals surface area contributed by atoms with Crippen LogP contribution in [-0.4, -0.2) is 28.8 Å². The van der Waals surface area contributed by atoms with Gasteiger partial charge in [0.05, 0.1) is 5.69 Å². The van der Waals surface area contributed by atoms with Gasteiger partial charge >= 0.3 is 0 Å². The lowest BCUT2D eigenvalue weighted by Crippen LogP contribution is -2.10. The number of carbonyl (C=O) groups is 1. The molecule has 0 saturated heterocycles. The van der Waals surface area contributed by atoms with Crippen LogP contribution in [0.1, 0.15) is 17.4 Å². The highest BCUT2D eigenvalue weighted by Gasteiger charge is 2.09. The van der Waals surface area contributed by atoms with Crippen LogP contribution in [-0.2, 0) is 4.74 Å². The zero-order chi connectivity index (χ0) is 12.1. The van der Waals surface area contributed by atoms with E-state index in [1.54, 1.807) is 16.9 Å². The second kappa shape index (κ2) is 5.41. The van der Waals surface area contributed by atoms with Crippen LogP contribution in [0, 0.1) is 0 Å². The van der Waals surface area contributed by atoms with Gasteiger partial charge in [-0.25, -0.2) is 4.68 Å². The van der Waals surface area contributed by atoms with E-state index in [0.29, 0.717) is 12.3 Å². The number of para-hydroxylation sites is 1. The molecular weight excluding hydrogens is 216 g/mol. The molecule has 1 aromatic heterocycles. The molecule has 0 fully saturated rings. The lowest BCUT2D eigenvalue weighted by atomic mass is 10.3.